The standard InChI is InChI=1S/C9H12ClNO/c1-12-9(6-11)7-3-2-4-8(10)5-7/h2-5,9H,6,11H2,1H3. The maximum atomic E-state index is 5.81. The number of benzene rings is 1. The molecule has 0 radical (unpaired) electrons. The molecule has 0 heterocycles. The Morgan fingerprint density at radius 3 is 2.83 bits per heavy atom. The van der Waals surface area contributed by atoms with Crippen molar-refractivity contribution >= 4 is 11.6 Å². The average Bonchev–Trinajstić information content (AvgIpc) is 2.07. The van der Waals surface area contributed by atoms with E-state index in [-0.39, 0.29) is 6.10 Å². The number of halogens is 1. The van der Waals surface area contributed by atoms with Crippen molar-refractivity contribution in [2.24, 2.45) is 5.73 Å². The molecule has 1 atom stereocenters. The molecule has 0 bridgehead atoms. The summed E-state index contributed by atoms with van der Waals surface area (Å²) < 4.78 is 5.16. The molecule has 0 saturated carbocycles. The molecule has 0 amide bonds. The first-order chi connectivity index (χ1) is 5.77. The van der Waals surface area contributed by atoms with Gasteiger partial charge in [0.2, 0.25) is 0 Å². The summed E-state index contributed by atoms with van der Waals surface area (Å²) in [6, 6.07) is 7.53. The molecule has 12 heavy (non-hydrogen) atoms. The fraction of sp³-hybridized carbons (Fsp3) is 0.333. The molecule has 0 aliphatic rings. The second-order valence-electron chi connectivity index (χ2n) is 2.52. The highest BCUT2D eigenvalue weighted by molar-refractivity contribution is 6.30. The van der Waals surface area contributed by atoms with Crippen LogP contribution in [-0.2, 0) is 4.74 Å². The van der Waals surface area contributed by atoms with Crippen LogP contribution in [0.5, 0.6) is 0 Å². The summed E-state index contributed by atoms with van der Waals surface area (Å²) in [5.74, 6) is 0. The van der Waals surface area contributed by atoms with Crippen molar-refractivity contribution in [2.75, 3.05) is 13.7 Å². The highest BCUT2D eigenvalue weighted by atomic mass is 35.5. The van der Waals surface area contributed by atoms with E-state index < -0.39 is 0 Å². The third-order valence-electron chi connectivity index (χ3n) is 1.72. The number of nitrogens with two attached hydrogens (primary N) is 1. The predicted molar refractivity (Wildman–Crippen MR) is 50.3 cm³/mol. The lowest BCUT2D eigenvalue weighted by atomic mass is 10.1. The Hall–Kier alpha value is -0.570. The van der Waals surface area contributed by atoms with E-state index in [2.05, 4.69) is 0 Å². The molecule has 2 nitrogen and oxygen atoms in total. The smallest absolute Gasteiger partial charge is 0.0943 e. The molecule has 0 aliphatic carbocycles. The van der Waals surface area contributed by atoms with Crippen molar-refractivity contribution in [3.63, 3.8) is 0 Å². The van der Waals surface area contributed by atoms with Crippen LogP contribution >= 0.6 is 11.6 Å². The van der Waals surface area contributed by atoms with Crippen LogP contribution in [0.4, 0.5) is 0 Å². The van der Waals surface area contributed by atoms with Gasteiger partial charge in [0, 0.05) is 18.7 Å². The van der Waals surface area contributed by atoms with Gasteiger partial charge in [-0.2, -0.15) is 0 Å². The lowest BCUT2D eigenvalue weighted by molar-refractivity contribution is 0.110. The minimum Gasteiger partial charge on any atom is -0.375 e. The van der Waals surface area contributed by atoms with Crippen LogP contribution in [0.1, 0.15) is 11.7 Å². The Labute approximate surface area is 77.3 Å². The molecular weight excluding hydrogens is 174 g/mol. The van der Waals surface area contributed by atoms with Gasteiger partial charge < -0.3 is 10.5 Å². The van der Waals surface area contributed by atoms with Crippen LogP contribution in [-0.4, -0.2) is 13.7 Å². The summed E-state index contributed by atoms with van der Waals surface area (Å²) in [5, 5.41) is 0.711. The van der Waals surface area contributed by atoms with Gasteiger partial charge in [-0.05, 0) is 17.7 Å². The van der Waals surface area contributed by atoms with Gasteiger partial charge in [0.15, 0.2) is 0 Å². The van der Waals surface area contributed by atoms with E-state index in [1.807, 2.05) is 24.3 Å². The summed E-state index contributed by atoms with van der Waals surface area (Å²) in [6.07, 6.45) is -0.0521. The van der Waals surface area contributed by atoms with Crippen molar-refractivity contribution in [1.29, 1.82) is 0 Å². The van der Waals surface area contributed by atoms with Gasteiger partial charge in [-0.1, -0.05) is 23.7 Å². The zero-order valence-electron chi connectivity index (χ0n) is 6.96. The van der Waals surface area contributed by atoms with Gasteiger partial charge in [0.05, 0.1) is 6.10 Å². The van der Waals surface area contributed by atoms with Crippen LogP contribution in [0.25, 0.3) is 0 Å². The molecular formula is C9H12ClNO. The monoisotopic (exact) mass is 185 g/mol. The van der Waals surface area contributed by atoms with Crippen molar-refractivity contribution in [3.8, 4) is 0 Å². The molecule has 3 heteroatoms. The van der Waals surface area contributed by atoms with Crippen molar-refractivity contribution in [1.82, 2.24) is 0 Å². The lowest BCUT2D eigenvalue weighted by Crippen LogP contribution is -2.13. The first kappa shape index (κ1) is 9.52. The van der Waals surface area contributed by atoms with Gasteiger partial charge in [-0.15, -0.1) is 0 Å². The number of hydrogen-bond acceptors (Lipinski definition) is 2. The zero-order chi connectivity index (χ0) is 8.97. The summed E-state index contributed by atoms with van der Waals surface area (Å²) in [5.41, 5.74) is 6.52. The predicted octanol–water partition coefficient (Wildman–Crippen LogP) is 1.99. The molecule has 1 unspecified atom stereocenters. The maximum absolute atomic E-state index is 5.81. The Morgan fingerprint density at radius 2 is 2.33 bits per heavy atom. The van der Waals surface area contributed by atoms with E-state index in [1.165, 1.54) is 0 Å². The van der Waals surface area contributed by atoms with Crippen molar-refractivity contribution in [2.45, 2.75) is 6.10 Å². The number of ether oxygens (including phenoxy) is 1. The summed E-state index contributed by atoms with van der Waals surface area (Å²) >= 11 is 5.81. The molecule has 1 aromatic carbocycles. The average molecular weight is 186 g/mol. The molecule has 2 N–H and O–H groups in total. The van der Waals surface area contributed by atoms with Gasteiger partial charge in [-0.3, -0.25) is 0 Å². The number of methoxy groups -OCH3 is 1. The lowest BCUT2D eigenvalue weighted by Gasteiger charge is -2.12. The summed E-state index contributed by atoms with van der Waals surface area (Å²) in [4.78, 5) is 0. The second-order valence-corrected chi connectivity index (χ2v) is 2.95. The first-order valence-electron chi connectivity index (χ1n) is 3.76. The van der Waals surface area contributed by atoms with Crippen LogP contribution < -0.4 is 5.73 Å². The Kier molecular flexibility index (Phi) is 3.53. The van der Waals surface area contributed by atoms with E-state index in [0.29, 0.717) is 11.6 Å². The molecule has 0 fully saturated rings. The van der Waals surface area contributed by atoms with E-state index in [1.54, 1.807) is 7.11 Å². The normalized spacial score (nSPS) is 12.9. The molecule has 1 aromatic rings. The summed E-state index contributed by atoms with van der Waals surface area (Å²) in [6.45, 7) is 0.469. The van der Waals surface area contributed by atoms with Crippen LogP contribution in [0, 0.1) is 0 Å². The molecule has 0 aliphatic heterocycles. The molecule has 0 aromatic heterocycles. The molecule has 0 saturated heterocycles. The fourth-order valence-corrected chi connectivity index (χ4v) is 1.27. The third-order valence-corrected chi connectivity index (χ3v) is 1.95. The quantitative estimate of drug-likeness (QED) is 0.782. The van der Waals surface area contributed by atoms with E-state index in [0.717, 1.165) is 5.56 Å². The minimum absolute atomic E-state index is 0.0521. The molecule has 66 valence electrons. The van der Waals surface area contributed by atoms with Gasteiger partial charge in [0.1, 0.15) is 0 Å². The summed E-state index contributed by atoms with van der Waals surface area (Å²) in [7, 11) is 1.64. The van der Waals surface area contributed by atoms with Gasteiger partial charge in [-0.25, -0.2) is 0 Å². The van der Waals surface area contributed by atoms with Crippen molar-refractivity contribution < 1.29 is 4.74 Å². The Balaban J connectivity index is 2.85. The first-order valence-corrected chi connectivity index (χ1v) is 4.14. The Bertz CT molecular complexity index is 248. The number of rotatable bonds is 3. The Morgan fingerprint density at radius 1 is 1.58 bits per heavy atom. The van der Waals surface area contributed by atoms with E-state index in [4.69, 9.17) is 22.1 Å². The van der Waals surface area contributed by atoms with Gasteiger partial charge in [0.25, 0.3) is 0 Å². The fourth-order valence-electron chi connectivity index (χ4n) is 1.08. The molecule has 0 spiro atoms. The molecule has 1 rings (SSSR count). The van der Waals surface area contributed by atoms with Crippen LogP contribution in [0.2, 0.25) is 5.02 Å². The van der Waals surface area contributed by atoms with Crippen molar-refractivity contribution in [3.05, 3.63) is 34.9 Å². The zero-order valence-corrected chi connectivity index (χ0v) is 7.71. The van der Waals surface area contributed by atoms with Gasteiger partial charge >= 0.3 is 0 Å². The largest absolute Gasteiger partial charge is 0.375 e. The maximum Gasteiger partial charge on any atom is 0.0943 e. The van der Waals surface area contributed by atoms with Crippen LogP contribution in [0.3, 0.4) is 0 Å². The highest BCUT2D eigenvalue weighted by Crippen LogP contribution is 2.18. The highest BCUT2D eigenvalue weighted by Gasteiger charge is 2.07. The SMILES string of the molecule is COC(CN)c1cccc(Cl)c1. The van der Waals surface area contributed by atoms with Crippen LogP contribution in [0.15, 0.2) is 24.3 Å². The number of hydrogen-bond donors (Lipinski definition) is 1. The topological polar surface area (TPSA) is 35.2 Å². The van der Waals surface area contributed by atoms with E-state index in [9.17, 15) is 0 Å². The van der Waals surface area contributed by atoms with E-state index >= 15 is 0 Å². The third kappa shape index (κ3) is 2.21. The second kappa shape index (κ2) is 4.45. The minimum atomic E-state index is -0.0521.